The van der Waals surface area contributed by atoms with E-state index < -0.39 is 0 Å². The second kappa shape index (κ2) is 7.98. The Balaban J connectivity index is 3.34. The number of hydrogen-bond donors (Lipinski definition) is 0. The van der Waals surface area contributed by atoms with Crippen LogP contribution in [0.4, 0.5) is 0 Å². The molecule has 0 rings (SSSR count). The molecule has 0 aromatic carbocycles. The predicted octanol–water partition coefficient (Wildman–Crippen LogP) is 0.932. The van der Waals surface area contributed by atoms with Crippen molar-refractivity contribution in [2.75, 3.05) is 41.2 Å². The van der Waals surface area contributed by atoms with Crippen LogP contribution in [0.2, 0.25) is 0 Å². The minimum atomic E-state index is 0.463. The number of rotatable bonds is 7. The van der Waals surface area contributed by atoms with Gasteiger partial charge in [-0.25, -0.2) is 0 Å². The summed E-state index contributed by atoms with van der Waals surface area (Å²) in [5.41, 5.74) is 0. The maximum atomic E-state index is 5.02. The molecular formula is C8H18O3. The summed E-state index contributed by atoms with van der Waals surface area (Å²) in [6.45, 7) is 2.27. The first-order chi connectivity index (χ1) is 5.35. The van der Waals surface area contributed by atoms with Crippen LogP contribution in [0, 0.1) is 5.92 Å². The van der Waals surface area contributed by atoms with E-state index in [9.17, 15) is 0 Å². The summed E-state index contributed by atoms with van der Waals surface area (Å²) < 4.78 is 15.0. The van der Waals surface area contributed by atoms with Gasteiger partial charge in [-0.05, 0) is 6.42 Å². The van der Waals surface area contributed by atoms with Gasteiger partial charge in [0.1, 0.15) is 0 Å². The van der Waals surface area contributed by atoms with Gasteiger partial charge >= 0.3 is 0 Å². The van der Waals surface area contributed by atoms with Crippen LogP contribution in [0.15, 0.2) is 0 Å². The van der Waals surface area contributed by atoms with Crippen LogP contribution in [0.1, 0.15) is 6.42 Å². The van der Waals surface area contributed by atoms with Gasteiger partial charge in [-0.3, -0.25) is 0 Å². The van der Waals surface area contributed by atoms with E-state index in [1.165, 1.54) is 0 Å². The highest BCUT2D eigenvalue weighted by atomic mass is 16.5. The van der Waals surface area contributed by atoms with E-state index >= 15 is 0 Å². The summed E-state index contributed by atoms with van der Waals surface area (Å²) in [5, 5.41) is 0. The lowest BCUT2D eigenvalue weighted by Crippen LogP contribution is -2.16. The van der Waals surface area contributed by atoms with E-state index in [2.05, 4.69) is 0 Å². The Bertz CT molecular complexity index is 69.7. The van der Waals surface area contributed by atoms with Crippen LogP contribution < -0.4 is 0 Å². The van der Waals surface area contributed by atoms with E-state index in [1.807, 2.05) is 0 Å². The number of hydrogen-bond acceptors (Lipinski definition) is 3. The third-order valence-corrected chi connectivity index (χ3v) is 1.53. The maximum Gasteiger partial charge on any atom is 0.0513 e. The molecule has 0 unspecified atom stereocenters. The van der Waals surface area contributed by atoms with Crippen LogP contribution in [-0.4, -0.2) is 41.2 Å². The van der Waals surface area contributed by atoms with Gasteiger partial charge in [0, 0.05) is 33.9 Å². The Morgan fingerprint density at radius 2 is 1.45 bits per heavy atom. The van der Waals surface area contributed by atoms with Gasteiger partial charge in [0.05, 0.1) is 13.2 Å². The molecule has 0 radical (unpaired) electrons. The topological polar surface area (TPSA) is 27.7 Å². The molecule has 0 aromatic rings. The second-order valence-electron chi connectivity index (χ2n) is 2.56. The smallest absolute Gasteiger partial charge is 0.0513 e. The van der Waals surface area contributed by atoms with Gasteiger partial charge in [-0.2, -0.15) is 0 Å². The second-order valence-corrected chi connectivity index (χ2v) is 2.56. The molecule has 0 aromatic heterocycles. The van der Waals surface area contributed by atoms with Gasteiger partial charge in [0.2, 0.25) is 0 Å². The molecule has 0 atom stereocenters. The molecule has 3 heteroatoms. The van der Waals surface area contributed by atoms with E-state index in [4.69, 9.17) is 14.2 Å². The van der Waals surface area contributed by atoms with Crippen molar-refractivity contribution < 1.29 is 14.2 Å². The number of methoxy groups -OCH3 is 3. The molecule has 0 amide bonds. The van der Waals surface area contributed by atoms with E-state index in [1.54, 1.807) is 21.3 Å². The van der Waals surface area contributed by atoms with Crippen LogP contribution in [0.5, 0.6) is 0 Å². The molecule has 0 heterocycles. The fourth-order valence-electron chi connectivity index (χ4n) is 0.971. The zero-order chi connectivity index (χ0) is 8.53. The predicted molar refractivity (Wildman–Crippen MR) is 43.7 cm³/mol. The molecule has 68 valence electrons. The van der Waals surface area contributed by atoms with Crippen molar-refractivity contribution in [3.63, 3.8) is 0 Å². The van der Waals surface area contributed by atoms with Crippen LogP contribution >= 0.6 is 0 Å². The molecule has 0 aliphatic heterocycles. The third-order valence-electron chi connectivity index (χ3n) is 1.53. The maximum absolute atomic E-state index is 5.02. The highest BCUT2D eigenvalue weighted by Crippen LogP contribution is 2.03. The fraction of sp³-hybridized carbons (Fsp3) is 1.00. The lowest BCUT2D eigenvalue weighted by atomic mass is 10.1. The highest BCUT2D eigenvalue weighted by molar-refractivity contribution is 4.55. The standard InChI is InChI=1S/C8H18O3/c1-9-5-4-8(6-10-2)7-11-3/h8H,4-7H2,1-3H3. The molecule has 0 saturated carbocycles. The Morgan fingerprint density at radius 3 is 1.82 bits per heavy atom. The van der Waals surface area contributed by atoms with Crippen molar-refractivity contribution >= 4 is 0 Å². The Labute approximate surface area is 68.6 Å². The lowest BCUT2D eigenvalue weighted by molar-refractivity contribution is 0.0635. The van der Waals surface area contributed by atoms with Gasteiger partial charge < -0.3 is 14.2 Å². The summed E-state index contributed by atoms with van der Waals surface area (Å²) in [5.74, 6) is 0.463. The van der Waals surface area contributed by atoms with Gasteiger partial charge in [-0.15, -0.1) is 0 Å². The monoisotopic (exact) mass is 162 g/mol. The summed E-state index contributed by atoms with van der Waals surface area (Å²) in [7, 11) is 5.11. The molecule has 11 heavy (non-hydrogen) atoms. The summed E-state index contributed by atoms with van der Waals surface area (Å²) in [6.07, 6.45) is 0.998. The van der Waals surface area contributed by atoms with Crippen molar-refractivity contribution in [2.24, 2.45) is 5.92 Å². The zero-order valence-electron chi connectivity index (χ0n) is 7.63. The van der Waals surface area contributed by atoms with Crippen LogP contribution in [0.3, 0.4) is 0 Å². The molecule has 3 nitrogen and oxygen atoms in total. The average Bonchev–Trinajstić information content (AvgIpc) is 2.01. The lowest BCUT2D eigenvalue weighted by Gasteiger charge is -2.13. The van der Waals surface area contributed by atoms with Crippen LogP contribution in [0.25, 0.3) is 0 Å². The molecule has 0 aliphatic carbocycles. The van der Waals surface area contributed by atoms with Crippen molar-refractivity contribution in [3.8, 4) is 0 Å². The van der Waals surface area contributed by atoms with E-state index in [-0.39, 0.29) is 0 Å². The van der Waals surface area contributed by atoms with Gasteiger partial charge in [0.25, 0.3) is 0 Å². The van der Waals surface area contributed by atoms with Crippen LogP contribution in [-0.2, 0) is 14.2 Å². The van der Waals surface area contributed by atoms with Crippen molar-refractivity contribution in [1.29, 1.82) is 0 Å². The van der Waals surface area contributed by atoms with E-state index in [0.717, 1.165) is 26.2 Å². The van der Waals surface area contributed by atoms with E-state index in [0.29, 0.717) is 5.92 Å². The molecule has 0 aliphatic rings. The normalized spacial score (nSPS) is 10.9. The van der Waals surface area contributed by atoms with Crippen molar-refractivity contribution in [2.45, 2.75) is 6.42 Å². The Hall–Kier alpha value is -0.120. The minimum absolute atomic E-state index is 0.463. The molecule has 0 bridgehead atoms. The first-order valence-electron chi connectivity index (χ1n) is 3.82. The quantitative estimate of drug-likeness (QED) is 0.557. The summed E-state index contributed by atoms with van der Waals surface area (Å²) in [6, 6.07) is 0. The van der Waals surface area contributed by atoms with Crippen molar-refractivity contribution in [1.82, 2.24) is 0 Å². The fourth-order valence-corrected chi connectivity index (χ4v) is 0.971. The Morgan fingerprint density at radius 1 is 0.909 bits per heavy atom. The summed E-state index contributed by atoms with van der Waals surface area (Å²) >= 11 is 0. The van der Waals surface area contributed by atoms with Crippen molar-refractivity contribution in [3.05, 3.63) is 0 Å². The molecule has 0 saturated heterocycles. The summed E-state index contributed by atoms with van der Waals surface area (Å²) in [4.78, 5) is 0. The molecular weight excluding hydrogens is 144 g/mol. The average molecular weight is 162 g/mol. The largest absolute Gasteiger partial charge is 0.385 e. The molecule has 0 N–H and O–H groups in total. The molecule has 0 fully saturated rings. The third kappa shape index (κ3) is 6.28. The Kier molecular flexibility index (Phi) is 7.89. The van der Waals surface area contributed by atoms with Gasteiger partial charge in [-0.1, -0.05) is 0 Å². The van der Waals surface area contributed by atoms with Gasteiger partial charge in [0.15, 0.2) is 0 Å². The molecule has 0 spiro atoms. The highest BCUT2D eigenvalue weighted by Gasteiger charge is 2.06. The number of ether oxygens (including phenoxy) is 3. The first kappa shape index (κ1) is 10.9. The first-order valence-corrected chi connectivity index (χ1v) is 3.82. The zero-order valence-corrected chi connectivity index (χ0v) is 7.63. The minimum Gasteiger partial charge on any atom is -0.385 e. The SMILES string of the molecule is COCCC(COC)COC.